The molecule has 0 saturated heterocycles. The van der Waals surface area contributed by atoms with Crippen LogP contribution in [0.1, 0.15) is 26.3 Å². The third-order valence-corrected chi connectivity index (χ3v) is 2.60. The molecule has 114 valence electrons. The van der Waals surface area contributed by atoms with E-state index >= 15 is 0 Å². The van der Waals surface area contributed by atoms with Gasteiger partial charge in [0, 0.05) is 5.69 Å². The minimum absolute atomic E-state index is 0.206. The van der Waals surface area contributed by atoms with Crippen molar-refractivity contribution in [2.75, 3.05) is 5.32 Å². The van der Waals surface area contributed by atoms with Crippen LogP contribution in [-0.2, 0) is 9.53 Å². The molecule has 2 N–H and O–H groups in total. The molecule has 0 saturated carbocycles. The number of carboxylic acid groups (broad SMARTS) is 1. The molecule has 5 nitrogen and oxygen atoms in total. The first-order chi connectivity index (χ1) is 9.60. The van der Waals surface area contributed by atoms with E-state index in [-0.39, 0.29) is 10.1 Å². The molecule has 1 aromatic carbocycles. The van der Waals surface area contributed by atoms with E-state index in [9.17, 15) is 9.59 Å². The second-order valence-electron chi connectivity index (χ2n) is 5.14. The van der Waals surface area contributed by atoms with Crippen LogP contribution in [-0.4, -0.2) is 22.8 Å². The van der Waals surface area contributed by atoms with Crippen LogP contribution in [0.4, 0.5) is 10.5 Å². The van der Waals surface area contributed by atoms with Crippen molar-refractivity contribution >= 4 is 46.5 Å². The number of carboxylic acids is 1. The fourth-order valence-electron chi connectivity index (χ4n) is 1.46. The molecule has 0 bridgehead atoms. The Kier molecular flexibility index (Phi) is 5.63. The lowest BCUT2D eigenvalue weighted by molar-refractivity contribution is -0.130. The molecule has 1 aromatic rings. The van der Waals surface area contributed by atoms with E-state index in [4.69, 9.17) is 33.0 Å². The van der Waals surface area contributed by atoms with Crippen LogP contribution < -0.4 is 5.32 Å². The molecule has 0 spiro atoms. The fraction of sp³-hybridized carbons (Fsp3) is 0.286. The van der Waals surface area contributed by atoms with E-state index in [1.165, 1.54) is 24.3 Å². The maximum Gasteiger partial charge on any atom is 0.412 e. The summed E-state index contributed by atoms with van der Waals surface area (Å²) in [5, 5.41) is 11.6. The van der Waals surface area contributed by atoms with E-state index in [1.54, 1.807) is 20.8 Å². The second-order valence-corrected chi connectivity index (χ2v) is 6.09. The highest BCUT2D eigenvalue weighted by Gasteiger charge is 2.17. The number of anilines is 1. The highest BCUT2D eigenvalue weighted by atomic mass is 35.5. The third-order valence-electron chi connectivity index (χ3n) is 2.22. The van der Waals surface area contributed by atoms with Crippen LogP contribution in [0.15, 0.2) is 28.8 Å². The van der Waals surface area contributed by atoms with Crippen molar-refractivity contribution in [3.63, 3.8) is 0 Å². The van der Waals surface area contributed by atoms with E-state index < -0.39 is 17.7 Å². The SMILES string of the molecule is CC(C)(C)OC(=O)Nc1ccc(C(C(=O)O)=C(Cl)Cl)cc1. The van der Waals surface area contributed by atoms with Crippen LogP contribution in [0.5, 0.6) is 0 Å². The van der Waals surface area contributed by atoms with Gasteiger partial charge in [-0.05, 0) is 38.5 Å². The molecular formula is C14H15Cl2NO4. The molecule has 1 amide bonds. The van der Waals surface area contributed by atoms with Gasteiger partial charge in [0.2, 0.25) is 0 Å². The maximum absolute atomic E-state index is 11.6. The van der Waals surface area contributed by atoms with Gasteiger partial charge >= 0.3 is 12.1 Å². The standard InChI is InChI=1S/C14H15Cl2NO4/c1-14(2,3)21-13(20)17-9-6-4-8(5-7-9)10(11(15)16)12(18)19/h4-7H,1-3H3,(H,17,20)(H,18,19). The van der Waals surface area contributed by atoms with E-state index in [0.29, 0.717) is 11.3 Å². The Labute approximate surface area is 132 Å². The monoisotopic (exact) mass is 331 g/mol. The average molecular weight is 332 g/mol. The van der Waals surface area contributed by atoms with Crippen molar-refractivity contribution in [3.8, 4) is 0 Å². The number of amides is 1. The van der Waals surface area contributed by atoms with E-state index in [1.807, 2.05) is 0 Å². The zero-order valence-electron chi connectivity index (χ0n) is 11.7. The normalized spacial score (nSPS) is 10.7. The highest BCUT2D eigenvalue weighted by Crippen LogP contribution is 2.25. The first-order valence-corrected chi connectivity index (χ1v) is 6.75. The quantitative estimate of drug-likeness (QED) is 0.811. The topological polar surface area (TPSA) is 75.6 Å². The molecular weight excluding hydrogens is 317 g/mol. The lowest BCUT2D eigenvalue weighted by atomic mass is 10.1. The zero-order chi connectivity index (χ0) is 16.2. The minimum atomic E-state index is -1.23. The summed E-state index contributed by atoms with van der Waals surface area (Å²) in [5.41, 5.74) is -0.0158. The Morgan fingerprint density at radius 2 is 1.67 bits per heavy atom. The van der Waals surface area contributed by atoms with Crippen LogP contribution >= 0.6 is 23.2 Å². The Bertz CT molecular complexity index is 570. The fourth-order valence-corrected chi connectivity index (χ4v) is 1.83. The number of ether oxygens (including phenoxy) is 1. The number of aliphatic carboxylic acids is 1. The highest BCUT2D eigenvalue weighted by molar-refractivity contribution is 6.61. The van der Waals surface area contributed by atoms with Crippen molar-refractivity contribution in [1.29, 1.82) is 0 Å². The number of benzene rings is 1. The maximum atomic E-state index is 11.6. The second kappa shape index (κ2) is 6.83. The third kappa shape index (κ3) is 5.65. The predicted molar refractivity (Wildman–Crippen MR) is 82.6 cm³/mol. The summed E-state index contributed by atoms with van der Waals surface area (Å²) < 4.78 is 4.76. The smallest absolute Gasteiger partial charge is 0.412 e. The number of hydrogen-bond acceptors (Lipinski definition) is 3. The van der Waals surface area contributed by atoms with Crippen LogP contribution in [0.25, 0.3) is 5.57 Å². The number of nitrogens with one attached hydrogen (secondary N) is 1. The van der Waals surface area contributed by atoms with Crippen molar-refractivity contribution in [2.45, 2.75) is 26.4 Å². The molecule has 0 aliphatic carbocycles. The molecule has 0 heterocycles. The first kappa shape index (κ1) is 17.3. The number of carbonyl (C=O) groups excluding carboxylic acids is 1. The molecule has 0 fully saturated rings. The van der Waals surface area contributed by atoms with Crippen LogP contribution in [0, 0.1) is 0 Å². The number of hydrogen-bond donors (Lipinski definition) is 2. The lowest BCUT2D eigenvalue weighted by Gasteiger charge is -2.19. The van der Waals surface area contributed by atoms with Gasteiger partial charge in [-0.3, -0.25) is 5.32 Å². The number of rotatable bonds is 3. The summed E-state index contributed by atoms with van der Waals surface area (Å²) in [6.45, 7) is 5.26. The average Bonchev–Trinajstić information content (AvgIpc) is 2.27. The van der Waals surface area contributed by atoms with Gasteiger partial charge in [0.25, 0.3) is 0 Å². The Morgan fingerprint density at radius 1 is 1.14 bits per heavy atom. The van der Waals surface area contributed by atoms with Crippen LogP contribution in [0.3, 0.4) is 0 Å². The largest absolute Gasteiger partial charge is 0.478 e. The van der Waals surface area contributed by atoms with Crippen molar-refractivity contribution < 1.29 is 19.4 Å². The molecule has 0 aliphatic heterocycles. The summed E-state index contributed by atoms with van der Waals surface area (Å²) in [6, 6.07) is 6.03. The Morgan fingerprint density at radius 3 is 2.05 bits per heavy atom. The Balaban J connectivity index is 2.87. The van der Waals surface area contributed by atoms with Gasteiger partial charge in [0.1, 0.15) is 10.1 Å². The number of halogens is 2. The van der Waals surface area contributed by atoms with Gasteiger partial charge in [0.15, 0.2) is 0 Å². The van der Waals surface area contributed by atoms with Gasteiger partial charge in [0.05, 0.1) is 5.57 Å². The molecule has 0 radical (unpaired) electrons. The predicted octanol–water partition coefficient (Wildman–Crippen LogP) is 4.26. The molecule has 0 aromatic heterocycles. The van der Waals surface area contributed by atoms with Gasteiger partial charge in [-0.2, -0.15) is 0 Å². The summed E-state index contributed by atoms with van der Waals surface area (Å²) in [4.78, 5) is 22.6. The molecule has 0 unspecified atom stereocenters. The molecule has 1 rings (SSSR count). The van der Waals surface area contributed by atoms with Crippen LogP contribution in [0.2, 0.25) is 0 Å². The minimum Gasteiger partial charge on any atom is -0.478 e. The van der Waals surface area contributed by atoms with Gasteiger partial charge in [-0.1, -0.05) is 35.3 Å². The van der Waals surface area contributed by atoms with Gasteiger partial charge < -0.3 is 9.84 Å². The summed E-state index contributed by atoms with van der Waals surface area (Å²) in [5.74, 6) is -1.23. The number of carbonyl (C=O) groups is 2. The van der Waals surface area contributed by atoms with Crippen molar-refractivity contribution in [3.05, 3.63) is 34.3 Å². The van der Waals surface area contributed by atoms with Crippen molar-refractivity contribution in [1.82, 2.24) is 0 Å². The summed E-state index contributed by atoms with van der Waals surface area (Å²) in [6.07, 6.45) is -0.598. The summed E-state index contributed by atoms with van der Waals surface area (Å²) in [7, 11) is 0. The molecule has 0 aliphatic rings. The lowest BCUT2D eigenvalue weighted by Crippen LogP contribution is -2.27. The van der Waals surface area contributed by atoms with E-state index in [0.717, 1.165) is 0 Å². The van der Waals surface area contributed by atoms with E-state index in [2.05, 4.69) is 5.32 Å². The van der Waals surface area contributed by atoms with Gasteiger partial charge in [-0.25, -0.2) is 9.59 Å². The summed E-state index contributed by atoms with van der Waals surface area (Å²) >= 11 is 11.1. The molecule has 0 atom stereocenters. The zero-order valence-corrected chi connectivity index (χ0v) is 13.2. The Hall–Kier alpha value is -1.72. The van der Waals surface area contributed by atoms with Gasteiger partial charge in [-0.15, -0.1) is 0 Å². The molecule has 21 heavy (non-hydrogen) atoms. The van der Waals surface area contributed by atoms with Crippen molar-refractivity contribution in [2.24, 2.45) is 0 Å². The molecule has 7 heteroatoms. The first-order valence-electron chi connectivity index (χ1n) is 5.99.